The first kappa shape index (κ1) is 37.8. The summed E-state index contributed by atoms with van der Waals surface area (Å²) >= 11 is 1.84. The van der Waals surface area contributed by atoms with Crippen LogP contribution in [-0.4, -0.2) is 16.2 Å². The van der Waals surface area contributed by atoms with Crippen LogP contribution in [0.15, 0.2) is 182 Å². The molecule has 10 aromatic rings. The highest BCUT2D eigenvalue weighted by Crippen LogP contribution is 2.48. The van der Waals surface area contributed by atoms with E-state index in [1.807, 2.05) is 23.6 Å². The molecule has 3 aromatic heterocycles. The largest absolute Gasteiger partial charge is 0.457 e. The normalized spacial score (nSPS) is 13.3. The van der Waals surface area contributed by atoms with E-state index in [9.17, 15) is 0 Å². The maximum atomic E-state index is 6.89. The lowest BCUT2D eigenvalue weighted by Crippen LogP contribution is -2.29. The Labute approximate surface area is 366 Å². The zero-order chi connectivity index (χ0) is 41.9. The number of nitrogens with zero attached hydrogens (tertiary/aromatic N) is 4. The zero-order valence-corrected chi connectivity index (χ0v) is 36.1. The van der Waals surface area contributed by atoms with Gasteiger partial charge in [-0.2, -0.15) is 0 Å². The molecule has 0 saturated carbocycles. The second-order valence-electron chi connectivity index (χ2n) is 16.8. The van der Waals surface area contributed by atoms with Crippen LogP contribution in [-0.2, 0) is 0 Å². The Morgan fingerprint density at radius 3 is 1.89 bits per heavy atom. The van der Waals surface area contributed by atoms with Crippen LogP contribution in [0.3, 0.4) is 0 Å². The molecule has 7 aromatic carbocycles. The van der Waals surface area contributed by atoms with Crippen LogP contribution in [0.25, 0.3) is 59.2 Å². The number of benzene rings is 7. The molecule has 0 N–H and O–H groups in total. The van der Waals surface area contributed by atoms with E-state index in [2.05, 4.69) is 212 Å². The smallest absolute Gasteiger partial charge is 0.137 e. The number of hydrogen-bond acceptors (Lipinski definition) is 5. The van der Waals surface area contributed by atoms with E-state index in [-0.39, 0.29) is 0 Å². The molecule has 0 radical (unpaired) electrons. The number of ether oxygens (including phenoxy) is 1. The molecule has 0 amide bonds. The third kappa shape index (κ3) is 6.33. The van der Waals surface area contributed by atoms with Crippen molar-refractivity contribution in [1.82, 2.24) is 9.55 Å². The van der Waals surface area contributed by atoms with E-state index in [0.29, 0.717) is 18.5 Å². The van der Waals surface area contributed by atoms with Crippen LogP contribution in [0, 0.1) is 0 Å². The summed E-state index contributed by atoms with van der Waals surface area (Å²) in [6.45, 7) is 9.86. The summed E-state index contributed by atoms with van der Waals surface area (Å²) in [6.07, 6.45) is 1.87. The molecule has 302 valence electrons. The van der Waals surface area contributed by atoms with Gasteiger partial charge in [-0.25, -0.2) is 4.98 Å². The van der Waals surface area contributed by atoms with Gasteiger partial charge in [-0.05, 0) is 71.5 Å². The number of anilines is 2. The van der Waals surface area contributed by atoms with Crippen LogP contribution < -0.4 is 14.5 Å². The van der Waals surface area contributed by atoms with Gasteiger partial charge in [0.1, 0.15) is 24.0 Å². The molecule has 1 aliphatic heterocycles. The molecular formula is C56H46N4OS. The Morgan fingerprint density at radius 1 is 0.532 bits per heavy atom. The summed E-state index contributed by atoms with van der Waals surface area (Å²) in [5.41, 5.74) is 12.0. The molecule has 0 atom stereocenters. The molecule has 0 unspecified atom stereocenters. The number of pyridine rings is 1. The summed E-state index contributed by atoms with van der Waals surface area (Å²) in [4.78, 5) is 9.92. The van der Waals surface area contributed by atoms with Gasteiger partial charge in [0.2, 0.25) is 0 Å². The number of para-hydroxylation sites is 1. The van der Waals surface area contributed by atoms with E-state index in [4.69, 9.17) is 9.72 Å². The van der Waals surface area contributed by atoms with Crippen molar-refractivity contribution in [1.29, 1.82) is 0 Å². The van der Waals surface area contributed by atoms with E-state index < -0.39 is 0 Å². The third-order valence-electron chi connectivity index (χ3n) is 12.2. The standard InChI is InChI=1S/C56H46N4OS/c1-36(2)43-24-16-25-44(37(3)4)55(43)59-35-58(53(38-17-7-5-8-18-38)54(59)39-19-9-6-10-20-39)40-21-15-22-41(33-40)61-42-28-29-45-46-30-31-50-52(47-23-11-12-26-49(47)62-50)56(46)60(48(45)34-42)51-27-13-14-32-57-51/h5-34,36-37H,35H2,1-4H3. The molecule has 5 nitrogen and oxygen atoms in total. The van der Waals surface area contributed by atoms with Gasteiger partial charge in [0, 0.05) is 71.8 Å². The summed E-state index contributed by atoms with van der Waals surface area (Å²) in [6, 6.07) is 63.0. The fraction of sp³-hybridized carbons (Fsp3) is 0.125. The van der Waals surface area contributed by atoms with Crippen LogP contribution in [0.1, 0.15) is 61.8 Å². The number of hydrogen-bond donors (Lipinski definition) is 0. The SMILES string of the molecule is CC(C)c1cccc(C(C)C)c1N1CN(c2cccc(Oc3ccc4c5ccc6sc7ccccc7c6c5n(-c5ccccn5)c4c3)c2)C(c2ccccc2)=C1c1ccccc1. The molecule has 0 spiro atoms. The Kier molecular flexibility index (Phi) is 9.39. The topological polar surface area (TPSA) is 33.5 Å². The highest BCUT2D eigenvalue weighted by Gasteiger charge is 2.35. The van der Waals surface area contributed by atoms with Gasteiger partial charge >= 0.3 is 0 Å². The molecule has 11 rings (SSSR count). The van der Waals surface area contributed by atoms with Gasteiger partial charge in [-0.15, -0.1) is 11.3 Å². The van der Waals surface area contributed by atoms with Crippen molar-refractivity contribution < 1.29 is 4.74 Å². The lowest BCUT2D eigenvalue weighted by molar-refractivity contribution is 0.483. The Morgan fingerprint density at radius 2 is 1.18 bits per heavy atom. The lowest BCUT2D eigenvalue weighted by atomic mass is 9.91. The van der Waals surface area contributed by atoms with Gasteiger partial charge in [-0.3, -0.25) is 4.57 Å². The first-order chi connectivity index (χ1) is 30.4. The van der Waals surface area contributed by atoms with E-state index in [1.165, 1.54) is 59.1 Å². The quantitative estimate of drug-likeness (QED) is 0.145. The van der Waals surface area contributed by atoms with Crippen molar-refractivity contribution in [3.63, 3.8) is 0 Å². The molecule has 0 bridgehead atoms. The van der Waals surface area contributed by atoms with Gasteiger partial charge in [0.25, 0.3) is 0 Å². The predicted octanol–water partition coefficient (Wildman–Crippen LogP) is 15.4. The minimum absolute atomic E-state index is 0.344. The summed E-state index contributed by atoms with van der Waals surface area (Å²) in [7, 11) is 0. The maximum Gasteiger partial charge on any atom is 0.137 e. The van der Waals surface area contributed by atoms with Crippen LogP contribution in [0.2, 0.25) is 0 Å². The van der Waals surface area contributed by atoms with Crippen molar-refractivity contribution in [2.45, 2.75) is 39.5 Å². The Hall–Kier alpha value is -7.15. The molecule has 1 aliphatic rings. The third-order valence-corrected chi connectivity index (χ3v) is 13.4. The van der Waals surface area contributed by atoms with Gasteiger partial charge in [-0.1, -0.05) is 143 Å². The van der Waals surface area contributed by atoms with Gasteiger partial charge < -0.3 is 14.5 Å². The number of aromatic nitrogens is 2. The molecule has 4 heterocycles. The summed E-state index contributed by atoms with van der Waals surface area (Å²) in [5.74, 6) is 3.10. The van der Waals surface area contributed by atoms with Crippen molar-refractivity contribution in [2.75, 3.05) is 16.5 Å². The zero-order valence-electron chi connectivity index (χ0n) is 35.3. The minimum Gasteiger partial charge on any atom is -0.457 e. The van der Waals surface area contributed by atoms with E-state index >= 15 is 0 Å². The fourth-order valence-corrected chi connectivity index (χ4v) is 10.6. The van der Waals surface area contributed by atoms with E-state index in [0.717, 1.165) is 45.2 Å². The first-order valence-corrected chi connectivity index (χ1v) is 22.4. The highest BCUT2D eigenvalue weighted by molar-refractivity contribution is 7.26. The lowest BCUT2D eigenvalue weighted by Gasteiger charge is -2.31. The summed E-state index contributed by atoms with van der Waals surface area (Å²) < 4.78 is 11.8. The molecule has 0 fully saturated rings. The van der Waals surface area contributed by atoms with Crippen LogP contribution in [0.5, 0.6) is 11.5 Å². The monoisotopic (exact) mass is 822 g/mol. The average molecular weight is 823 g/mol. The molecular weight excluding hydrogens is 777 g/mol. The van der Waals surface area contributed by atoms with Crippen LogP contribution in [0.4, 0.5) is 11.4 Å². The second kappa shape index (κ2) is 15.4. The predicted molar refractivity (Wildman–Crippen MR) is 262 cm³/mol. The van der Waals surface area contributed by atoms with Crippen LogP contribution >= 0.6 is 11.3 Å². The number of rotatable bonds is 9. The number of thiophene rings is 1. The first-order valence-electron chi connectivity index (χ1n) is 21.5. The highest BCUT2D eigenvalue weighted by atomic mass is 32.1. The molecule has 6 heteroatoms. The minimum atomic E-state index is 0.344. The van der Waals surface area contributed by atoms with Crippen molar-refractivity contribution in [3.05, 3.63) is 204 Å². The van der Waals surface area contributed by atoms with Crippen molar-refractivity contribution in [2.24, 2.45) is 0 Å². The molecule has 0 aliphatic carbocycles. The maximum absolute atomic E-state index is 6.89. The average Bonchev–Trinajstić information content (AvgIpc) is 3.99. The number of fused-ring (bicyclic) bond motifs is 7. The molecule has 62 heavy (non-hydrogen) atoms. The second-order valence-corrected chi connectivity index (χ2v) is 17.8. The summed E-state index contributed by atoms with van der Waals surface area (Å²) in [5, 5.41) is 4.88. The fourth-order valence-electron chi connectivity index (χ4n) is 9.46. The van der Waals surface area contributed by atoms with E-state index in [1.54, 1.807) is 0 Å². The van der Waals surface area contributed by atoms with Crippen molar-refractivity contribution >= 4 is 76.1 Å². The van der Waals surface area contributed by atoms with Gasteiger partial charge in [0.05, 0.1) is 22.4 Å². The Balaban J connectivity index is 1.06. The molecule has 0 saturated heterocycles. The van der Waals surface area contributed by atoms with Gasteiger partial charge in [0.15, 0.2) is 0 Å². The Bertz CT molecular complexity index is 3290. The van der Waals surface area contributed by atoms with Crippen molar-refractivity contribution in [3.8, 4) is 17.3 Å².